The van der Waals surface area contributed by atoms with Crippen LogP contribution in [0.4, 0.5) is 0 Å². The van der Waals surface area contributed by atoms with Crippen LogP contribution < -0.4 is 29.1 Å². The molecule has 10 nitrogen and oxygen atoms in total. The van der Waals surface area contributed by atoms with Crippen LogP contribution in [-0.2, 0) is 14.3 Å². The third-order valence-electron chi connectivity index (χ3n) is 5.75. The van der Waals surface area contributed by atoms with Gasteiger partial charge in [-0.15, -0.1) is 0 Å². The van der Waals surface area contributed by atoms with Gasteiger partial charge in [0, 0.05) is 0 Å². The average Bonchev–Trinajstić information content (AvgIpc) is 3.46. The number of carboxylic acids is 1. The molecule has 1 aromatic heterocycles. The van der Waals surface area contributed by atoms with Crippen LogP contribution in [0.5, 0.6) is 17.2 Å². The summed E-state index contributed by atoms with van der Waals surface area (Å²) in [5.74, 6) is -0.170. The number of fused-ring (bicyclic) bond motifs is 2. The van der Waals surface area contributed by atoms with Crippen molar-refractivity contribution in [3.63, 3.8) is 0 Å². The Morgan fingerprint density at radius 3 is 2.81 bits per heavy atom. The number of hydrogen-bond donors (Lipinski definition) is 1. The highest BCUT2D eigenvalue weighted by molar-refractivity contribution is 7.07. The predicted molar refractivity (Wildman–Crippen MR) is 133 cm³/mol. The van der Waals surface area contributed by atoms with Crippen LogP contribution in [0.2, 0.25) is 0 Å². The molecule has 1 N–H and O–H groups in total. The molecule has 0 saturated heterocycles. The molecule has 2 aromatic carbocycles. The van der Waals surface area contributed by atoms with Gasteiger partial charge in [0.15, 0.2) is 22.9 Å². The highest BCUT2D eigenvalue weighted by Crippen LogP contribution is 2.38. The second kappa shape index (κ2) is 9.94. The van der Waals surface area contributed by atoms with E-state index >= 15 is 0 Å². The Bertz CT molecular complexity index is 1620. The summed E-state index contributed by atoms with van der Waals surface area (Å²) in [6.45, 7) is 3.22. The van der Waals surface area contributed by atoms with Crippen LogP contribution in [-0.4, -0.2) is 41.6 Å². The van der Waals surface area contributed by atoms with E-state index in [1.54, 1.807) is 62.4 Å². The highest BCUT2D eigenvalue weighted by Gasteiger charge is 2.34. The maximum Gasteiger partial charge on any atom is 0.341 e. The van der Waals surface area contributed by atoms with Gasteiger partial charge in [0.2, 0.25) is 6.79 Å². The molecule has 37 heavy (non-hydrogen) atoms. The first kappa shape index (κ1) is 24.3. The molecule has 0 unspecified atom stereocenters. The SMILES string of the molecule is CCOC(=O)C1=C(C)N=c2s/c(=C\c3cccc(OCC(=O)O)c3)c(=O)n2[C@H]1c1ccc2c(c1)OCO2. The zero-order chi connectivity index (χ0) is 26.1. The number of nitrogens with zero attached hydrogens (tertiary/aromatic N) is 2. The zero-order valence-corrected chi connectivity index (χ0v) is 20.7. The van der Waals surface area contributed by atoms with E-state index < -0.39 is 24.6 Å². The van der Waals surface area contributed by atoms with Gasteiger partial charge in [-0.1, -0.05) is 29.5 Å². The number of carboxylic acid groups (broad SMARTS) is 1. The minimum atomic E-state index is -1.09. The van der Waals surface area contributed by atoms with E-state index in [-0.39, 0.29) is 24.5 Å². The van der Waals surface area contributed by atoms with Crippen LogP contribution in [0.25, 0.3) is 6.08 Å². The number of thiazole rings is 1. The molecule has 11 heteroatoms. The smallest absolute Gasteiger partial charge is 0.341 e. The van der Waals surface area contributed by atoms with Gasteiger partial charge in [-0.25, -0.2) is 14.6 Å². The number of esters is 1. The summed E-state index contributed by atoms with van der Waals surface area (Å²) in [6.07, 6.45) is 1.68. The molecule has 2 aliphatic heterocycles. The average molecular weight is 523 g/mol. The van der Waals surface area contributed by atoms with Gasteiger partial charge in [0.25, 0.3) is 5.56 Å². The third kappa shape index (κ3) is 4.73. The molecule has 3 heterocycles. The maximum atomic E-state index is 13.7. The summed E-state index contributed by atoms with van der Waals surface area (Å²) < 4.78 is 23.4. The van der Waals surface area contributed by atoms with Gasteiger partial charge < -0.3 is 24.1 Å². The second-order valence-corrected chi connectivity index (χ2v) is 9.18. The molecule has 3 aromatic rings. The van der Waals surface area contributed by atoms with Crippen molar-refractivity contribution >= 4 is 29.4 Å². The number of hydrogen-bond acceptors (Lipinski definition) is 9. The monoisotopic (exact) mass is 522 g/mol. The largest absolute Gasteiger partial charge is 0.482 e. The maximum absolute atomic E-state index is 13.7. The van der Waals surface area contributed by atoms with Crippen LogP contribution in [0, 0.1) is 0 Å². The van der Waals surface area contributed by atoms with Crippen molar-refractivity contribution in [1.82, 2.24) is 4.57 Å². The fourth-order valence-corrected chi connectivity index (χ4v) is 5.23. The first-order chi connectivity index (χ1) is 17.9. The number of rotatable bonds is 7. The van der Waals surface area contributed by atoms with Crippen molar-refractivity contribution in [1.29, 1.82) is 0 Å². The van der Waals surface area contributed by atoms with Crippen molar-refractivity contribution < 1.29 is 33.6 Å². The first-order valence-corrected chi connectivity index (χ1v) is 12.2. The number of carbonyl (C=O) groups excluding carboxylic acids is 1. The third-order valence-corrected chi connectivity index (χ3v) is 6.73. The molecule has 0 bridgehead atoms. The molecule has 0 saturated carbocycles. The number of aliphatic carboxylic acids is 1. The fourth-order valence-electron chi connectivity index (χ4n) is 4.18. The quantitative estimate of drug-likeness (QED) is 0.467. The van der Waals surface area contributed by atoms with Crippen LogP contribution in [0.15, 0.2) is 63.5 Å². The lowest BCUT2D eigenvalue weighted by Gasteiger charge is -2.24. The lowest BCUT2D eigenvalue weighted by Crippen LogP contribution is -2.39. The molecule has 2 aliphatic rings. The van der Waals surface area contributed by atoms with Gasteiger partial charge in [-0.05, 0) is 55.3 Å². The number of allylic oxidation sites excluding steroid dienone is 1. The molecule has 1 atom stereocenters. The summed E-state index contributed by atoms with van der Waals surface area (Å²) in [6, 6.07) is 11.3. The van der Waals surface area contributed by atoms with Crippen LogP contribution in [0.3, 0.4) is 0 Å². The molecule has 190 valence electrons. The zero-order valence-electron chi connectivity index (χ0n) is 19.9. The summed E-state index contributed by atoms with van der Waals surface area (Å²) in [5.41, 5.74) is 1.69. The van der Waals surface area contributed by atoms with E-state index in [9.17, 15) is 14.4 Å². The van der Waals surface area contributed by atoms with Gasteiger partial charge >= 0.3 is 11.9 Å². The summed E-state index contributed by atoms with van der Waals surface area (Å²) in [7, 11) is 0. The van der Waals surface area contributed by atoms with Crippen molar-refractivity contribution in [3.8, 4) is 17.2 Å². The standard InChI is InChI=1S/C26H22N2O8S/c1-3-33-25(32)22-14(2)27-26-28(23(22)16-7-8-18-19(11-16)36-13-35-18)24(31)20(37-26)10-15-5-4-6-17(9-15)34-12-21(29)30/h4-11,23H,3,12-13H2,1-2H3,(H,29,30)/b20-10-/t23-/m0/s1. The Balaban J connectivity index is 1.64. The normalized spacial score (nSPS) is 16.3. The fraction of sp³-hybridized carbons (Fsp3) is 0.231. The number of aromatic nitrogens is 1. The predicted octanol–water partition coefficient (Wildman–Crippen LogP) is 1.99. The molecular weight excluding hydrogens is 500 g/mol. The Morgan fingerprint density at radius 1 is 1.22 bits per heavy atom. The van der Waals surface area contributed by atoms with E-state index in [2.05, 4.69) is 4.99 Å². The van der Waals surface area contributed by atoms with Gasteiger partial charge in [0.1, 0.15) is 5.75 Å². The molecule has 0 aliphatic carbocycles. The van der Waals surface area contributed by atoms with Crippen molar-refractivity contribution in [2.45, 2.75) is 19.9 Å². The summed E-state index contributed by atoms with van der Waals surface area (Å²) in [5, 5.41) is 8.86. The van der Waals surface area contributed by atoms with E-state index in [1.807, 2.05) is 0 Å². The minimum Gasteiger partial charge on any atom is -0.482 e. The lowest BCUT2D eigenvalue weighted by atomic mass is 9.95. The number of ether oxygens (including phenoxy) is 4. The molecule has 0 radical (unpaired) electrons. The molecule has 0 spiro atoms. The first-order valence-electron chi connectivity index (χ1n) is 11.4. The van der Waals surface area contributed by atoms with Crippen molar-refractivity contribution in [2.75, 3.05) is 20.0 Å². The van der Waals surface area contributed by atoms with Crippen LogP contribution in [0.1, 0.15) is 31.0 Å². The van der Waals surface area contributed by atoms with E-state index in [0.717, 1.165) is 0 Å². The summed E-state index contributed by atoms with van der Waals surface area (Å²) in [4.78, 5) is 42.5. The van der Waals surface area contributed by atoms with E-state index in [1.165, 1.54) is 15.9 Å². The van der Waals surface area contributed by atoms with Gasteiger partial charge in [-0.3, -0.25) is 9.36 Å². The summed E-state index contributed by atoms with van der Waals surface area (Å²) >= 11 is 1.19. The molecule has 0 amide bonds. The van der Waals surface area contributed by atoms with Gasteiger partial charge in [-0.2, -0.15) is 0 Å². The van der Waals surface area contributed by atoms with E-state index in [4.69, 9.17) is 24.1 Å². The Morgan fingerprint density at radius 2 is 2.03 bits per heavy atom. The van der Waals surface area contributed by atoms with E-state index in [0.29, 0.717) is 43.4 Å². The minimum absolute atomic E-state index is 0.0936. The van der Waals surface area contributed by atoms with Crippen molar-refractivity contribution in [3.05, 3.63) is 84.5 Å². The molecule has 0 fully saturated rings. The second-order valence-electron chi connectivity index (χ2n) is 8.17. The number of benzene rings is 2. The Hall–Kier alpha value is -4.38. The topological polar surface area (TPSA) is 126 Å². The molecule has 5 rings (SSSR count). The lowest BCUT2D eigenvalue weighted by molar-refractivity contribution is -0.140. The Kier molecular flexibility index (Phi) is 6.53. The van der Waals surface area contributed by atoms with Crippen LogP contribution >= 0.6 is 11.3 Å². The van der Waals surface area contributed by atoms with Gasteiger partial charge in [0.05, 0.1) is 28.5 Å². The highest BCUT2D eigenvalue weighted by atomic mass is 32.1. The van der Waals surface area contributed by atoms with Crippen molar-refractivity contribution in [2.24, 2.45) is 4.99 Å². The molecular formula is C26H22N2O8S. The Labute approximate surface area is 214 Å². The number of carbonyl (C=O) groups is 2.